The lowest BCUT2D eigenvalue weighted by Gasteiger charge is -2.21. The fraction of sp³-hybridized carbons (Fsp3) is 0.211. The van der Waals surface area contributed by atoms with Gasteiger partial charge in [0.2, 0.25) is 5.95 Å². The van der Waals surface area contributed by atoms with Crippen molar-refractivity contribution in [3.05, 3.63) is 59.8 Å². The SMILES string of the molecule is CC(C)(C)Nc1nc(Nc2ccccc2Cl)cc(-c2ccccn2)n1. The molecule has 0 aliphatic carbocycles. The quantitative estimate of drug-likeness (QED) is 0.679. The molecule has 5 nitrogen and oxygen atoms in total. The van der Waals surface area contributed by atoms with Gasteiger partial charge in [0.15, 0.2) is 0 Å². The molecule has 0 atom stereocenters. The summed E-state index contributed by atoms with van der Waals surface area (Å²) >= 11 is 6.24. The third-order valence-electron chi connectivity index (χ3n) is 3.28. The van der Waals surface area contributed by atoms with E-state index in [1.807, 2.05) is 48.5 Å². The Morgan fingerprint density at radius 3 is 2.36 bits per heavy atom. The van der Waals surface area contributed by atoms with Gasteiger partial charge < -0.3 is 10.6 Å². The molecule has 0 saturated heterocycles. The van der Waals surface area contributed by atoms with Crippen molar-refractivity contribution in [1.82, 2.24) is 15.0 Å². The van der Waals surface area contributed by atoms with Gasteiger partial charge in [-0.25, -0.2) is 4.98 Å². The average molecular weight is 354 g/mol. The molecular formula is C19H20ClN5. The van der Waals surface area contributed by atoms with Gasteiger partial charge in [0.05, 0.1) is 22.1 Å². The minimum absolute atomic E-state index is 0.162. The number of aromatic nitrogens is 3. The molecule has 0 saturated carbocycles. The van der Waals surface area contributed by atoms with Gasteiger partial charge >= 0.3 is 0 Å². The van der Waals surface area contributed by atoms with E-state index < -0.39 is 0 Å². The van der Waals surface area contributed by atoms with Gasteiger partial charge in [0.1, 0.15) is 5.82 Å². The highest BCUT2D eigenvalue weighted by atomic mass is 35.5. The number of pyridine rings is 1. The van der Waals surface area contributed by atoms with Crippen molar-refractivity contribution in [2.45, 2.75) is 26.3 Å². The van der Waals surface area contributed by atoms with Crippen LogP contribution in [0.5, 0.6) is 0 Å². The van der Waals surface area contributed by atoms with Crippen LogP contribution in [0.15, 0.2) is 54.7 Å². The zero-order valence-corrected chi connectivity index (χ0v) is 15.2. The van der Waals surface area contributed by atoms with Crippen molar-refractivity contribution in [2.75, 3.05) is 10.6 Å². The highest BCUT2D eigenvalue weighted by molar-refractivity contribution is 6.33. The van der Waals surface area contributed by atoms with Gasteiger partial charge in [-0.05, 0) is 45.0 Å². The standard InChI is InChI=1S/C19H20ClN5/c1-19(2,3)25-18-23-16(15-10-6-7-11-21-15)12-17(24-18)22-14-9-5-4-8-13(14)20/h4-12H,1-3H3,(H2,22,23,24,25). The smallest absolute Gasteiger partial charge is 0.225 e. The van der Waals surface area contributed by atoms with Crippen LogP contribution in [0.25, 0.3) is 11.4 Å². The minimum atomic E-state index is -0.162. The summed E-state index contributed by atoms with van der Waals surface area (Å²) in [5, 5.41) is 7.20. The van der Waals surface area contributed by atoms with E-state index in [1.54, 1.807) is 6.20 Å². The molecule has 2 aromatic heterocycles. The summed E-state index contributed by atoms with van der Waals surface area (Å²) in [6.45, 7) is 6.18. The second-order valence-electron chi connectivity index (χ2n) is 6.66. The number of hydrogen-bond donors (Lipinski definition) is 2. The van der Waals surface area contributed by atoms with Crippen LogP contribution < -0.4 is 10.6 Å². The first-order valence-corrected chi connectivity index (χ1v) is 8.39. The molecule has 3 rings (SSSR count). The largest absolute Gasteiger partial charge is 0.350 e. The second kappa shape index (κ2) is 7.07. The molecule has 0 aliphatic heterocycles. The zero-order chi connectivity index (χ0) is 17.9. The molecule has 3 aromatic rings. The van der Waals surface area contributed by atoms with Gasteiger partial charge in [-0.2, -0.15) is 4.98 Å². The molecule has 2 heterocycles. The number of halogens is 1. The highest BCUT2D eigenvalue weighted by Crippen LogP contribution is 2.27. The van der Waals surface area contributed by atoms with Crippen molar-refractivity contribution in [1.29, 1.82) is 0 Å². The summed E-state index contributed by atoms with van der Waals surface area (Å²) in [4.78, 5) is 13.5. The molecule has 0 bridgehead atoms. The molecule has 0 aliphatic rings. The molecule has 0 spiro atoms. The summed E-state index contributed by atoms with van der Waals surface area (Å²) in [6, 6.07) is 15.1. The van der Waals surface area contributed by atoms with Gasteiger partial charge in [0.25, 0.3) is 0 Å². The maximum Gasteiger partial charge on any atom is 0.225 e. The van der Waals surface area contributed by atoms with E-state index in [1.165, 1.54) is 0 Å². The molecule has 0 fully saturated rings. The van der Waals surface area contributed by atoms with E-state index in [4.69, 9.17) is 11.6 Å². The number of para-hydroxylation sites is 1. The average Bonchev–Trinajstić information content (AvgIpc) is 2.56. The predicted octanol–water partition coefficient (Wildman–Crippen LogP) is 5.15. The van der Waals surface area contributed by atoms with E-state index >= 15 is 0 Å². The van der Waals surface area contributed by atoms with Crippen LogP contribution in [0.1, 0.15) is 20.8 Å². The van der Waals surface area contributed by atoms with Crippen molar-refractivity contribution in [3.63, 3.8) is 0 Å². The summed E-state index contributed by atoms with van der Waals surface area (Å²) < 4.78 is 0. The fourth-order valence-corrected chi connectivity index (χ4v) is 2.43. The van der Waals surface area contributed by atoms with Crippen LogP contribution in [-0.2, 0) is 0 Å². The number of nitrogens with zero attached hydrogens (tertiary/aromatic N) is 3. The Balaban J connectivity index is 2.02. The predicted molar refractivity (Wildman–Crippen MR) is 103 cm³/mol. The molecule has 128 valence electrons. The van der Waals surface area contributed by atoms with Gasteiger partial charge in [-0.1, -0.05) is 29.8 Å². The summed E-state index contributed by atoms with van der Waals surface area (Å²) in [5.41, 5.74) is 2.14. The normalized spacial score (nSPS) is 11.2. The number of hydrogen-bond acceptors (Lipinski definition) is 5. The molecule has 0 unspecified atom stereocenters. The van der Waals surface area contributed by atoms with Crippen molar-refractivity contribution < 1.29 is 0 Å². The van der Waals surface area contributed by atoms with Crippen LogP contribution in [0.2, 0.25) is 5.02 Å². The summed E-state index contributed by atoms with van der Waals surface area (Å²) in [5.74, 6) is 1.18. The monoisotopic (exact) mass is 353 g/mol. The summed E-state index contributed by atoms with van der Waals surface area (Å²) in [7, 11) is 0. The molecular weight excluding hydrogens is 334 g/mol. The van der Waals surface area contributed by atoms with Crippen molar-refractivity contribution in [2.24, 2.45) is 0 Å². The van der Waals surface area contributed by atoms with Gasteiger partial charge in [-0.15, -0.1) is 0 Å². The highest BCUT2D eigenvalue weighted by Gasteiger charge is 2.14. The Labute approximate surface area is 152 Å². The van der Waals surface area contributed by atoms with E-state index in [9.17, 15) is 0 Å². The number of rotatable bonds is 4. The lowest BCUT2D eigenvalue weighted by atomic mass is 10.1. The molecule has 0 radical (unpaired) electrons. The molecule has 6 heteroatoms. The number of benzene rings is 1. The topological polar surface area (TPSA) is 62.7 Å². The third kappa shape index (κ3) is 4.67. The van der Waals surface area contributed by atoms with Crippen molar-refractivity contribution in [3.8, 4) is 11.4 Å². The first kappa shape index (κ1) is 17.2. The Morgan fingerprint density at radius 2 is 1.68 bits per heavy atom. The Hall–Kier alpha value is -2.66. The fourth-order valence-electron chi connectivity index (χ4n) is 2.25. The minimum Gasteiger partial charge on any atom is -0.350 e. The second-order valence-corrected chi connectivity index (χ2v) is 7.06. The van der Waals surface area contributed by atoms with Gasteiger partial charge in [-0.3, -0.25) is 4.98 Å². The van der Waals surface area contributed by atoms with Crippen LogP contribution >= 0.6 is 11.6 Å². The van der Waals surface area contributed by atoms with E-state index in [0.29, 0.717) is 16.8 Å². The van der Waals surface area contributed by atoms with E-state index in [-0.39, 0.29) is 5.54 Å². The maximum atomic E-state index is 6.24. The van der Waals surface area contributed by atoms with Crippen molar-refractivity contribution >= 4 is 29.1 Å². The lowest BCUT2D eigenvalue weighted by Crippen LogP contribution is -2.27. The van der Waals surface area contributed by atoms with Crippen LogP contribution in [-0.4, -0.2) is 20.5 Å². The first-order chi connectivity index (χ1) is 11.9. The third-order valence-corrected chi connectivity index (χ3v) is 3.61. The molecule has 25 heavy (non-hydrogen) atoms. The Morgan fingerprint density at radius 1 is 0.920 bits per heavy atom. The van der Waals surface area contributed by atoms with E-state index in [2.05, 4.69) is 46.4 Å². The number of anilines is 3. The Kier molecular flexibility index (Phi) is 4.86. The maximum absolute atomic E-state index is 6.24. The first-order valence-electron chi connectivity index (χ1n) is 8.01. The van der Waals surface area contributed by atoms with Crippen LogP contribution in [0, 0.1) is 0 Å². The van der Waals surface area contributed by atoms with Gasteiger partial charge in [0, 0.05) is 17.8 Å². The lowest BCUT2D eigenvalue weighted by molar-refractivity contribution is 0.626. The number of nitrogens with one attached hydrogen (secondary N) is 2. The summed E-state index contributed by atoms with van der Waals surface area (Å²) in [6.07, 6.45) is 1.75. The molecule has 0 amide bonds. The Bertz CT molecular complexity index is 859. The molecule has 1 aromatic carbocycles. The van der Waals surface area contributed by atoms with Crippen LogP contribution in [0.3, 0.4) is 0 Å². The van der Waals surface area contributed by atoms with Crippen LogP contribution in [0.4, 0.5) is 17.5 Å². The zero-order valence-electron chi connectivity index (χ0n) is 14.4. The van der Waals surface area contributed by atoms with E-state index in [0.717, 1.165) is 17.1 Å². The molecule has 2 N–H and O–H groups in total.